The summed E-state index contributed by atoms with van der Waals surface area (Å²) in [5, 5.41) is 0.774. The second-order valence-electron chi connectivity index (χ2n) is 6.59. The van der Waals surface area contributed by atoms with E-state index in [1.807, 2.05) is 45.0 Å². The van der Waals surface area contributed by atoms with E-state index in [1.54, 1.807) is 9.80 Å². The number of nitrogens with zero attached hydrogens (tertiary/aromatic N) is 2. The van der Waals surface area contributed by atoms with Crippen molar-refractivity contribution in [2.45, 2.75) is 31.7 Å². The first kappa shape index (κ1) is 17.8. The summed E-state index contributed by atoms with van der Waals surface area (Å²) in [4.78, 5) is 27.9. The largest absolute Gasteiger partial charge is 0.444 e. The lowest BCUT2D eigenvalue weighted by atomic mass is 10.1. The van der Waals surface area contributed by atoms with Crippen molar-refractivity contribution in [2.24, 2.45) is 0 Å². The van der Waals surface area contributed by atoms with Crippen LogP contribution in [-0.2, 0) is 10.1 Å². The predicted octanol–water partition coefficient (Wildman–Crippen LogP) is 3.27. The first-order valence-corrected chi connectivity index (χ1v) is 8.84. The van der Waals surface area contributed by atoms with Crippen molar-refractivity contribution in [3.8, 4) is 0 Å². The minimum absolute atomic E-state index is 0.00922. The molecular formula is C17H23BrN2O3. The van der Waals surface area contributed by atoms with E-state index in [-0.39, 0.29) is 12.0 Å². The van der Waals surface area contributed by atoms with E-state index >= 15 is 0 Å². The molecule has 5 nitrogen and oxygen atoms in total. The Morgan fingerprint density at radius 2 is 1.57 bits per heavy atom. The highest BCUT2D eigenvalue weighted by atomic mass is 79.9. The van der Waals surface area contributed by atoms with Crippen LogP contribution < -0.4 is 0 Å². The molecule has 23 heavy (non-hydrogen) atoms. The van der Waals surface area contributed by atoms with Crippen molar-refractivity contribution in [2.75, 3.05) is 26.2 Å². The molecule has 1 saturated heterocycles. The van der Waals surface area contributed by atoms with E-state index in [1.165, 1.54) is 0 Å². The molecule has 0 spiro atoms. The lowest BCUT2D eigenvalue weighted by Crippen LogP contribution is -2.51. The zero-order chi connectivity index (χ0) is 17.0. The molecule has 6 heteroatoms. The fourth-order valence-corrected chi connectivity index (χ4v) is 2.71. The van der Waals surface area contributed by atoms with Gasteiger partial charge in [0.25, 0.3) is 5.91 Å². The number of carbonyl (C=O) groups excluding carboxylic acids is 2. The summed E-state index contributed by atoms with van der Waals surface area (Å²) in [6.07, 6.45) is -0.314. The van der Waals surface area contributed by atoms with E-state index in [4.69, 9.17) is 4.74 Å². The molecular weight excluding hydrogens is 360 g/mol. The fourth-order valence-electron chi connectivity index (χ4n) is 2.34. The van der Waals surface area contributed by atoms with E-state index < -0.39 is 5.60 Å². The summed E-state index contributed by atoms with van der Waals surface area (Å²) in [6.45, 7) is 7.60. The van der Waals surface area contributed by atoms with Gasteiger partial charge in [0.15, 0.2) is 0 Å². The fraction of sp³-hybridized carbons (Fsp3) is 0.529. The van der Waals surface area contributed by atoms with Crippen LogP contribution in [0.4, 0.5) is 4.79 Å². The maximum Gasteiger partial charge on any atom is 0.410 e. The molecule has 1 fully saturated rings. The van der Waals surface area contributed by atoms with Crippen molar-refractivity contribution in [1.29, 1.82) is 0 Å². The summed E-state index contributed by atoms with van der Waals surface area (Å²) in [5.41, 5.74) is 1.32. The van der Waals surface area contributed by atoms with Gasteiger partial charge in [0.1, 0.15) is 5.60 Å². The van der Waals surface area contributed by atoms with Crippen LogP contribution in [0.3, 0.4) is 0 Å². The number of amides is 2. The van der Waals surface area contributed by atoms with Gasteiger partial charge in [-0.15, -0.1) is 0 Å². The van der Waals surface area contributed by atoms with Crippen LogP contribution in [0.2, 0.25) is 0 Å². The van der Waals surface area contributed by atoms with Gasteiger partial charge in [-0.05, 0) is 38.5 Å². The van der Waals surface area contributed by atoms with Gasteiger partial charge in [-0.1, -0.05) is 28.1 Å². The predicted molar refractivity (Wildman–Crippen MR) is 92.8 cm³/mol. The van der Waals surface area contributed by atoms with E-state index in [0.29, 0.717) is 31.7 Å². The van der Waals surface area contributed by atoms with Crippen molar-refractivity contribution >= 4 is 27.9 Å². The molecule has 0 radical (unpaired) electrons. The number of benzene rings is 1. The molecule has 0 saturated carbocycles. The average Bonchev–Trinajstić information content (AvgIpc) is 2.53. The molecule has 0 N–H and O–H groups in total. The van der Waals surface area contributed by atoms with Crippen molar-refractivity contribution < 1.29 is 14.3 Å². The smallest absolute Gasteiger partial charge is 0.410 e. The standard InChI is InChI=1S/C17H23BrN2O3/c1-17(2,3)23-16(22)20-10-8-19(9-11-20)15(21)14-6-4-13(12-18)5-7-14/h4-7H,8-12H2,1-3H3. The molecule has 0 aliphatic carbocycles. The Kier molecular flexibility index (Phi) is 5.68. The lowest BCUT2D eigenvalue weighted by Gasteiger charge is -2.35. The SMILES string of the molecule is CC(C)(C)OC(=O)N1CCN(C(=O)c2ccc(CBr)cc2)CC1. The Morgan fingerprint density at radius 3 is 2.04 bits per heavy atom. The molecule has 1 aliphatic rings. The van der Waals surface area contributed by atoms with Crippen LogP contribution in [-0.4, -0.2) is 53.6 Å². The molecule has 0 aromatic heterocycles. The summed E-state index contributed by atoms with van der Waals surface area (Å²) >= 11 is 3.39. The van der Waals surface area contributed by atoms with E-state index in [9.17, 15) is 9.59 Å². The second-order valence-corrected chi connectivity index (χ2v) is 7.15. The first-order chi connectivity index (χ1) is 10.8. The summed E-state index contributed by atoms with van der Waals surface area (Å²) in [5.74, 6) is 0.00922. The molecule has 1 heterocycles. The number of rotatable bonds is 2. The normalized spacial score (nSPS) is 15.5. The topological polar surface area (TPSA) is 49.9 Å². The number of carbonyl (C=O) groups is 2. The molecule has 1 aliphatic heterocycles. The minimum atomic E-state index is -0.499. The van der Waals surface area contributed by atoms with Gasteiger partial charge in [-0.3, -0.25) is 4.79 Å². The molecule has 0 bridgehead atoms. The third kappa shape index (κ3) is 4.96. The molecule has 2 rings (SSSR count). The van der Waals surface area contributed by atoms with Crippen LogP contribution in [0.1, 0.15) is 36.7 Å². The van der Waals surface area contributed by atoms with Crippen LogP contribution in [0.25, 0.3) is 0 Å². The summed E-state index contributed by atoms with van der Waals surface area (Å²) in [7, 11) is 0. The van der Waals surface area contributed by atoms with E-state index in [0.717, 1.165) is 10.9 Å². The Bertz CT molecular complexity index is 558. The lowest BCUT2D eigenvalue weighted by molar-refractivity contribution is 0.0141. The Labute approximate surface area is 145 Å². The second kappa shape index (κ2) is 7.34. The third-order valence-electron chi connectivity index (χ3n) is 3.57. The number of alkyl halides is 1. The molecule has 1 aromatic rings. The van der Waals surface area contributed by atoms with Crippen molar-refractivity contribution in [1.82, 2.24) is 9.80 Å². The number of halogens is 1. The highest BCUT2D eigenvalue weighted by Gasteiger charge is 2.27. The molecule has 0 atom stereocenters. The van der Waals surface area contributed by atoms with Crippen LogP contribution >= 0.6 is 15.9 Å². The maximum absolute atomic E-state index is 12.5. The number of ether oxygens (including phenoxy) is 1. The van der Waals surface area contributed by atoms with Gasteiger partial charge >= 0.3 is 6.09 Å². The van der Waals surface area contributed by atoms with Gasteiger partial charge in [0.2, 0.25) is 0 Å². The third-order valence-corrected chi connectivity index (χ3v) is 4.22. The quantitative estimate of drug-likeness (QED) is 0.737. The van der Waals surface area contributed by atoms with Gasteiger partial charge in [-0.2, -0.15) is 0 Å². The highest BCUT2D eigenvalue weighted by molar-refractivity contribution is 9.08. The highest BCUT2D eigenvalue weighted by Crippen LogP contribution is 2.14. The van der Waals surface area contributed by atoms with Gasteiger partial charge < -0.3 is 14.5 Å². The van der Waals surface area contributed by atoms with Crippen LogP contribution in [0.15, 0.2) is 24.3 Å². The summed E-state index contributed by atoms with van der Waals surface area (Å²) < 4.78 is 5.36. The molecule has 1 aromatic carbocycles. The van der Waals surface area contributed by atoms with Crippen LogP contribution in [0, 0.1) is 0 Å². The number of piperazine rings is 1. The number of hydrogen-bond donors (Lipinski definition) is 0. The van der Waals surface area contributed by atoms with Crippen LogP contribution in [0.5, 0.6) is 0 Å². The van der Waals surface area contributed by atoms with Gasteiger partial charge in [0.05, 0.1) is 0 Å². The zero-order valence-electron chi connectivity index (χ0n) is 13.8. The number of hydrogen-bond acceptors (Lipinski definition) is 3. The molecule has 0 unspecified atom stereocenters. The van der Waals surface area contributed by atoms with Gasteiger partial charge in [0, 0.05) is 37.1 Å². The maximum atomic E-state index is 12.5. The Hall–Kier alpha value is -1.56. The van der Waals surface area contributed by atoms with Gasteiger partial charge in [-0.25, -0.2) is 4.79 Å². The zero-order valence-corrected chi connectivity index (χ0v) is 15.4. The Balaban J connectivity index is 1.90. The first-order valence-electron chi connectivity index (χ1n) is 7.72. The minimum Gasteiger partial charge on any atom is -0.444 e. The molecule has 126 valence electrons. The molecule has 2 amide bonds. The van der Waals surface area contributed by atoms with E-state index in [2.05, 4.69) is 15.9 Å². The van der Waals surface area contributed by atoms with Crippen molar-refractivity contribution in [3.63, 3.8) is 0 Å². The van der Waals surface area contributed by atoms with Crippen molar-refractivity contribution in [3.05, 3.63) is 35.4 Å². The summed E-state index contributed by atoms with van der Waals surface area (Å²) in [6, 6.07) is 7.58. The Morgan fingerprint density at radius 1 is 1.04 bits per heavy atom. The monoisotopic (exact) mass is 382 g/mol. The average molecular weight is 383 g/mol.